The number of rotatable bonds is 3. The maximum absolute atomic E-state index is 6.42. The summed E-state index contributed by atoms with van der Waals surface area (Å²) in [4.78, 5) is 4.71. The van der Waals surface area contributed by atoms with Gasteiger partial charge in [-0.25, -0.2) is 5.90 Å². The zero-order valence-corrected chi connectivity index (χ0v) is 10.8. The third-order valence-electron chi connectivity index (χ3n) is 3.31. The highest BCUT2D eigenvalue weighted by atomic mass is 35.5. The van der Waals surface area contributed by atoms with Gasteiger partial charge in [-0.2, -0.15) is 0 Å². The summed E-state index contributed by atoms with van der Waals surface area (Å²) < 4.78 is 5.37. The van der Waals surface area contributed by atoms with Crippen LogP contribution in [0.15, 0.2) is 6.07 Å². The molecule has 0 aromatic heterocycles. The molecule has 0 spiro atoms. The van der Waals surface area contributed by atoms with Crippen molar-refractivity contribution in [2.75, 3.05) is 7.11 Å². The number of fused-ring (bicyclic) bond motifs is 1. The van der Waals surface area contributed by atoms with E-state index in [9.17, 15) is 0 Å². The maximum atomic E-state index is 6.42. The molecule has 94 valence electrons. The lowest BCUT2D eigenvalue weighted by atomic mass is 9.99. The van der Waals surface area contributed by atoms with Crippen LogP contribution in [-0.4, -0.2) is 7.11 Å². The molecule has 0 fully saturated rings. The molecule has 2 rings (SSSR count). The molecular formula is C13H18ClNO2. The minimum Gasteiger partial charge on any atom is -0.495 e. The van der Waals surface area contributed by atoms with Gasteiger partial charge in [-0.15, -0.1) is 0 Å². The zero-order chi connectivity index (χ0) is 12.3. The van der Waals surface area contributed by atoms with Crippen LogP contribution in [0.25, 0.3) is 0 Å². The molecule has 0 bridgehead atoms. The van der Waals surface area contributed by atoms with Crippen molar-refractivity contribution in [2.45, 2.75) is 38.7 Å². The second kappa shape index (κ2) is 5.71. The van der Waals surface area contributed by atoms with Crippen LogP contribution in [0.3, 0.4) is 0 Å². The summed E-state index contributed by atoms with van der Waals surface area (Å²) in [6.07, 6.45) is 5.79. The average molecular weight is 256 g/mol. The highest BCUT2D eigenvalue weighted by Gasteiger charge is 2.18. The molecule has 1 aromatic carbocycles. The first-order valence-electron chi connectivity index (χ1n) is 5.96. The van der Waals surface area contributed by atoms with E-state index >= 15 is 0 Å². The van der Waals surface area contributed by atoms with E-state index in [1.165, 1.54) is 30.4 Å². The van der Waals surface area contributed by atoms with Crippen LogP contribution in [-0.2, 0) is 24.3 Å². The molecule has 0 amide bonds. The van der Waals surface area contributed by atoms with Gasteiger partial charge in [0, 0.05) is 5.56 Å². The highest BCUT2D eigenvalue weighted by Crippen LogP contribution is 2.37. The Morgan fingerprint density at radius 3 is 2.76 bits per heavy atom. The fourth-order valence-corrected chi connectivity index (χ4v) is 2.90. The number of methoxy groups -OCH3 is 1. The summed E-state index contributed by atoms with van der Waals surface area (Å²) in [6.45, 7) is 0.330. The molecule has 17 heavy (non-hydrogen) atoms. The van der Waals surface area contributed by atoms with E-state index in [0.29, 0.717) is 12.4 Å². The quantitative estimate of drug-likeness (QED) is 0.667. The van der Waals surface area contributed by atoms with Gasteiger partial charge in [-0.05, 0) is 42.9 Å². The number of benzene rings is 1. The monoisotopic (exact) mass is 255 g/mol. The Hall–Kier alpha value is -0.770. The molecule has 1 aromatic rings. The summed E-state index contributed by atoms with van der Waals surface area (Å²) in [5.74, 6) is 5.85. The lowest BCUT2D eigenvalue weighted by Gasteiger charge is -2.16. The largest absolute Gasteiger partial charge is 0.495 e. The first-order valence-corrected chi connectivity index (χ1v) is 6.34. The van der Waals surface area contributed by atoms with Crippen molar-refractivity contribution in [2.24, 2.45) is 5.90 Å². The van der Waals surface area contributed by atoms with Gasteiger partial charge in [0.05, 0.1) is 18.7 Å². The number of aryl methyl sites for hydroxylation is 1. The van der Waals surface area contributed by atoms with Gasteiger partial charge in [-0.1, -0.05) is 18.0 Å². The van der Waals surface area contributed by atoms with Crippen LogP contribution < -0.4 is 10.6 Å². The van der Waals surface area contributed by atoms with Gasteiger partial charge in [0.15, 0.2) is 0 Å². The maximum Gasteiger partial charge on any atom is 0.143 e. The lowest BCUT2D eigenvalue weighted by molar-refractivity contribution is 0.122. The van der Waals surface area contributed by atoms with Crippen molar-refractivity contribution in [3.63, 3.8) is 0 Å². The van der Waals surface area contributed by atoms with Crippen molar-refractivity contribution in [1.29, 1.82) is 0 Å². The van der Waals surface area contributed by atoms with E-state index in [0.717, 1.165) is 23.4 Å². The fraction of sp³-hybridized carbons (Fsp3) is 0.538. The predicted molar refractivity (Wildman–Crippen MR) is 68.2 cm³/mol. The molecule has 0 unspecified atom stereocenters. The standard InChI is InChI=1S/C13H18ClNO2/c1-16-13-10(8-17-15)7-9-5-3-2-4-6-11(9)12(13)14/h7H,2-6,8,15H2,1H3. The summed E-state index contributed by atoms with van der Waals surface area (Å²) in [5.41, 5.74) is 3.49. The second-order valence-electron chi connectivity index (χ2n) is 4.39. The van der Waals surface area contributed by atoms with Crippen LogP contribution in [0.4, 0.5) is 0 Å². The van der Waals surface area contributed by atoms with Crippen LogP contribution in [0.5, 0.6) is 5.75 Å². The highest BCUT2D eigenvalue weighted by molar-refractivity contribution is 6.33. The number of hydrogen-bond acceptors (Lipinski definition) is 3. The smallest absolute Gasteiger partial charge is 0.143 e. The van der Waals surface area contributed by atoms with E-state index in [1.807, 2.05) is 0 Å². The molecule has 4 heteroatoms. The normalized spacial score (nSPS) is 15.2. The molecule has 1 aliphatic rings. The molecular weight excluding hydrogens is 238 g/mol. The van der Waals surface area contributed by atoms with Crippen molar-refractivity contribution < 1.29 is 9.57 Å². The first-order chi connectivity index (χ1) is 8.27. The van der Waals surface area contributed by atoms with E-state index in [2.05, 4.69) is 6.07 Å². The van der Waals surface area contributed by atoms with E-state index < -0.39 is 0 Å². The number of hydrogen-bond donors (Lipinski definition) is 1. The third-order valence-corrected chi connectivity index (χ3v) is 3.71. The summed E-state index contributed by atoms with van der Waals surface area (Å²) in [6, 6.07) is 2.12. The minimum absolute atomic E-state index is 0.330. The van der Waals surface area contributed by atoms with E-state index in [1.54, 1.807) is 7.11 Å². The summed E-state index contributed by atoms with van der Waals surface area (Å²) in [7, 11) is 1.63. The topological polar surface area (TPSA) is 44.5 Å². The molecule has 0 radical (unpaired) electrons. The Kier molecular flexibility index (Phi) is 4.26. The van der Waals surface area contributed by atoms with Crippen LogP contribution in [0.2, 0.25) is 5.02 Å². The van der Waals surface area contributed by atoms with Gasteiger partial charge in [0.2, 0.25) is 0 Å². The summed E-state index contributed by atoms with van der Waals surface area (Å²) >= 11 is 6.42. The van der Waals surface area contributed by atoms with Gasteiger partial charge in [-0.3, -0.25) is 4.84 Å². The van der Waals surface area contributed by atoms with Crippen molar-refractivity contribution in [3.8, 4) is 5.75 Å². The van der Waals surface area contributed by atoms with E-state index in [4.69, 9.17) is 27.1 Å². The third kappa shape index (κ3) is 2.57. The van der Waals surface area contributed by atoms with E-state index in [-0.39, 0.29) is 0 Å². The molecule has 3 nitrogen and oxygen atoms in total. The van der Waals surface area contributed by atoms with Gasteiger partial charge >= 0.3 is 0 Å². The molecule has 0 saturated heterocycles. The average Bonchev–Trinajstić information content (AvgIpc) is 2.55. The molecule has 2 N–H and O–H groups in total. The molecule has 0 atom stereocenters. The molecule has 0 saturated carbocycles. The van der Waals surface area contributed by atoms with Gasteiger partial charge in [0.25, 0.3) is 0 Å². The second-order valence-corrected chi connectivity index (χ2v) is 4.77. The van der Waals surface area contributed by atoms with Crippen LogP contribution >= 0.6 is 11.6 Å². The molecule has 1 aliphatic carbocycles. The molecule has 0 heterocycles. The van der Waals surface area contributed by atoms with Crippen molar-refractivity contribution in [3.05, 3.63) is 27.8 Å². The Labute approximate surface area is 107 Å². The van der Waals surface area contributed by atoms with Crippen molar-refractivity contribution >= 4 is 11.6 Å². The molecule has 0 aliphatic heterocycles. The van der Waals surface area contributed by atoms with Gasteiger partial charge in [0.1, 0.15) is 5.75 Å². The van der Waals surface area contributed by atoms with Crippen molar-refractivity contribution in [1.82, 2.24) is 0 Å². The number of halogens is 1. The fourth-order valence-electron chi connectivity index (χ4n) is 2.49. The Morgan fingerprint density at radius 2 is 2.06 bits per heavy atom. The number of ether oxygens (including phenoxy) is 1. The van der Waals surface area contributed by atoms with Gasteiger partial charge < -0.3 is 4.74 Å². The first kappa shape index (κ1) is 12.7. The Balaban J connectivity index is 2.49. The van der Waals surface area contributed by atoms with Crippen LogP contribution in [0.1, 0.15) is 36.0 Å². The zero-order valence-electron chi connectivity index (χ0n) is 10.1. The summed E-state index contributed by atoms with van der Waals surface area (Å²) in [5, 5.41) is 0.735. The minimum atomic E-state index is 0.330. The number of nitrogens with two attached hydrogens (primary N) is 1. The Bertz CT molecular complexity index is 406. The predicted octanol–water partition coefficient (Wildman–Crippen LogP) is 3.01. The van der Waals surface area contributed by atoms with Crippen LogP contribution in [0, 0.1) is 0 Å². The Morgan fingerprint density at radius 1 is 1.29 bits per heavy atom. The SMILES string of the molecule is COc1c(CON)cc2c(c1Cl)CCCCC2. The lowest BCUT2D eigenvalue weighted by Crippen LogP contribution is -2.05.